The quantitative estimate of drug-likeness (QED) is 0.893. The number of hydrogen-bond acceptors (Lipinski definition) is 3. The van der Waals surface area contributed by atoms with E-state index in [0.29, 0.717) is 6.54 Å². The Hall–Kier alpha value is -0.580. The maximum atomic E-state index is 11.9. The molecule has 2 rings (SSSR count). The van der Waals surface area contributed by atoms with Crippen LogP contribution in [0.25, 0.3) is 0 Å². The number of aryl methyl sites for hydroxylation is 1. The first-order chi connectivity index (χ1) is 8.29. The maximum Gasteiger partial charge on any atom is 0.223 e. The predicted octanol–water partition coefficient (Wildman–Crippen LogP) is 2.35. The zero-order chi connectivity index (χ0) is 12.1. The van der Waals surface area contributed by atoms with Crippen molar-refractivity contribution in [3.8, 4) is 0 Å². The average molecular weight is 289 g/mol. The second-order valence-electron chi connectivity index (χ2n) is 4.46. The Bertz CT molecular complexity index is 375. The van der Waals surface area contributed by atoms with E-state index in [2.05, 4.69) is 29.7 Å². The molecule has 1 aromatic rings. The summed E-state index contributed by atoms with van der Waals surface area (Å²) in [5.41, 5.74) is 0. The number of piperidine rings is 1. The van der Waals surface area contributed by atoms with Crippen LogP contribution in [-0.2, 0) is 17.8 Å². The minimum absolute atomic E-state index is 0. The zero-order valence-corrected chi connectivity index (χ0v) is 12.3. The van der Waals surface area contributed by atoms with Gasteiger partial charge in [0, 0.05) is 15.7 Å². The number of carbonyl (C=O) groups excluding carboxylic acids is 1. The van der Waals surface area contributed by atoms with Crippen molar-refractivity contribution >= 4 is 29.7 Å². The van der Waals surface area contributed by atoms with Crippen molar-refractivity contribution in [1.29, 1.82) is 0 Å². The van der Waals surface area contributed by atoms with Gasteiger partial charge in [0.1, 0.15) is 0 Å². The Morgan fingerprint density at radius 3 is 2.67 bits per heavy atom. The van der Waals surface area contributed by atoms with Gasteiger partial charge >= 0.3 is 0 Å². The Labute approximate surface area is 119 Å². The van der Waals surface area contributed by atoms with Crippen molar-refractivity contribution in [3.05, 3.63) is 21.9 Å². The minimum atomic E-state index is 0. The second-order valence-corrected chi connectivity index (χ2v) is 5.72. The number of carbonyl (C=O) groups is 1. The predicted molar refractivity (Wildman–Crippen MR) is 78.4 cm³/mol. The van der Waals surface area contributed by atoms with Crippen LogP contribution in [-0.4, -0.2) is 19.0 Å². The van der Waals surface area contributed by atoms with E-state index >= 15 is 0 Å². The van der Waals surface area contributed by atoms with Crippen LogP contribution >= 0.6 is 23.7 Å². The normalized spacial score (nSPS) is 16.1. The van der Waals surface area contributed by atoms with Gasteiger partial charge in [0.25, 0.3) is 0 Å². The smallest absolute Gasteiger partial charge is 0.223 e. The van der Waals surface area contributed by atoms with Gasteiger partial charge in [-0.3, -0.25) is 4.79 Å². The van der Waals surface area contributed by atoms with E-state index < -0.39 is 0 Å². The third-order valence-electron chi connectivity index (χ3n) is 3.21. The van der Waals surface area contributed by atoms with Crippen molar-refractivity contribution in [2.75, 3.05) is 13.1 Å². The van der Waals surface area contributed by atoms with Crippen LogP contribution in [0.5, 0.6) is 0 Å². The molecule has 0 aromatic carbocycles. The molecule has 1 aliphatic heterocycles. The van der Waals surface area contributed by atoms with E-state index in [9.17, 15) is 4.79 Å². The molecule has 0 unspecified atom stereocenters. The zero-order valence-electron chi connectivity index (χ0n) is 10.7. The van der Waals surface area contributed by atoms with E-state index in [-0.39, 0.29) is 24.2 Å². The number of nitrogens with one attached hydrogen (secondary N) is 2. The van der Waals surface area contributed by atoms with Crippen molar-refractivity contribution in [2.24, 2.45) is 5.92 Å². The Morgan fingerprint density at radius 1 is 1.39 bits per heavy atom. The van der Waals surface area contributed by atoms with Gasteiger partial charge in [-0.25, -0.2) is 0 Å². The fourth-order valence-electron chi connectivity index (χ4n) is 2.11. The molecular formula is C13H21ClN2OS. The lowest BCUT2D eigenvalue weighted by Gasteiger charge is -2.21. The maximum absolute atomic E-state index is 11.9. The molecule has 0 spiro atoms. The average Bonchev–Trinajstić information content (AvgIpc) is 2.85. The molecule has 1 fully saturated rings. The fraction of sp³-hybridized carbons (Fsp3) is 0.615. The van der Waals surface area contributed by atoms with E-state index in [0.717, 1.165) is 32.4 Å². The molecule has 2 heterocycles. The molecule has 1 amide bonds. The first-order valence-corrected chi connectivity index (χ1v) is 7.17. The Balaban J connectivity index is 0.00000162. The lowest BCUT2D eigenvalue weighted by Crippen LogP contribution is -2.37. The van der Waals surface area contributed by atoms with E-state index in [1.54, 1.807) is 11.3 Å². The van der Waals surface area contributed by atoms with Crippen LogP contribution < -0.4 is 10.6 Å². The number of thiophene rings is 1. The summed E-state index contributed by atoms with van der Waals surface area (Å²) in [6, 6.07) is 4.27. The van der Waals surface area contributed by atoms with Crippen LogP contribution in [0.1, 0.15) is 29.5 Å². The van der Waals surface area contributed by atoms with Gasteiger partial charge in [0.15, 0.2) is 0 Å². The number of hydrogen-bond donors (Lipinski definition) is 2. The molecule has 0 saturated carbocycles. The van der Waals surface area contributed by atoms with E-state index in [4.69, 9.17) is 0 Å². The number of rotatable bonds is 4. The molecule has 18 heavy (non-hydrogen) atoms. The molecular weight excluding hydrogens is 268 g/mol. The number of amides is 1. The summed E-state index contributed by atoms with van der Waals surface area (Å²) >= 11 is 1.79. The summed E-state index contributed by atoms with van der Waals surface area (Å²) in [6.45, 7) is 4.78. The molecule has 0 aliphatic carbocycles. The molecule has 1 saturated heterocycles. The lowest BCUT2D eigenvalue weighted by molar-refractivity contribution is -0.125. The van der Waals surface area contributed by atoms with E-state index in [1.165, 1.54) is 9.75 Å². The summed E-state index contributed by atoms with van der Waals surface area (Å²) in [5, 5.41) is 6.33. The topological polar surface area (TPSA) is 41.1 Å². The van der Waals surface area contributed by atoms with Crippen molar-refractivity contribution in [2.45, 2.75) is 32.7 Å². The van der Waals surface area contributed by atoms with Crippen LogP contribution in [0.4, 0.5) is 0 Å². The highest BCUT2D eigenvalue weighted by Crippen LogP contribution is 2.17. The van der Waals surface area contributed by atoms with Crippen LogP contribution in [0.15, 0.2) is 12.1 Å². The highest BCUT2D eigenvalue weighted by molar-refractivity contribution is 7.11. The highest BCUT2D eigenvalue weighted by atomic mass is 35.5. The van der Waals surface area contributed by atoms with Gasteiger partial charge in [0.05, 0.1) is 6.54 Å². The van der Waals surface area contributed by atoms with Crippen LogP contribution in [0, 0.1) is 5.92 Å². The summed E-state index contributed by atoms with van der Waals surface area (Å²) < 4.78 is 0. The molecule has 0 bridgehead atoms. The van der Waals surface area contributed by atoms with Crippen molar-refractivity contribution < 1.29 is 4.79 Å². The standard InChI is InChI=1S/C13H20N2OS.ClH/c1-2-11-3-4-12(17-11)9-15-13(16)10-5-7-14-8-6-10;/h3-4,10,14H,2,5-9H2,1H3,(H,15,16);1H. The molecule has 0 radical (unpaired) electrons. The summed E-state index contributed by atoms with van der Waals surface area (Å²) in [5.74, 6) is 0.430. The third-order valence-corrected chi connectivity index (χ3v) is 4.44. The Kier molecular flexibility index (Phi) is 6.68. The molecule has 1 aromatic heterocycles. The minimum Gasteiger partial charge on any atom is -0.351 e. The van der Waals surface area contributed by atoms with Gasteiger partial charge in [0.2, 0.25) is 5.91 Å². The summed E-state index contributed by atoms with van der Waals surface area (Å²) in [7, 11) is 0. The lowest BCUT2D eigenvalue weighted by atomic mass is 9.97. The molecule has 0 atom stereocenters. The van der Waals surface area contributed by atoms with Gasteiger partial charge in [-0.1, -0.05) is 6.92 Å². The van der Waals surface area contributed by atoms with Crippen molar-refractivity contribution in [1.82, 2.24) is 10.6 Å². The SMILES string of the molecule is CCc1ccc(CNC(=O)C2CCNCC2)s1.Cl. The van der Waals surface area contributed by atoms with Crippen molar-refractivity contribution in [3.63, 3.8) is 0 Å². The Morgan fingerprint density at radius 2 is 2.06 bits per heavy atom. The van der Waals surface area contributed by atoms with E-state index in [1.807, 2.05) is 0 Å². The summed E-state index contributed by atoms with van der Waals surface area (Å²) in [4.78, 5) is 14.6. The van der Waals surface area contributed by atoms with Gasteiger partial charge < -0.3 is 10.6 Å². The molecule has 1 aliphatic rings. The molecule has 3 nitrogen and oxygen atoms in total. The first-order valence-electron chi connectivity index (χ1n) is 6.35. The first kappa shape index (κ1) is 15.5. The fourth-order valence-corrected chi connectivity index (χ4v) is 3.01. The number of halogens is 1. The monoisotopic (exact) mass is 288 g/mol. The highest BCUT2D eigenvalue weighted by Gasteiger charge is 2.20. The molecule has 2 N–H and O–H groups in total. The largest absolute Gasteiger partial charge is 0.351 e. The van der Waals surface area contributed by atoms with Gasteiger partial charge in [-0.05, 0) is 44.5 Å². The van der Waals surface area contributed by atoms with Crippen LogP contribution in [0.3, 0.4) is 0 Å². The second kappa shape index (κ2) is 7.77. The summed E-state index contributed by atoms with van der Waals surface area (Å²) in [6.07, 6.45) is 3.01. The van der Waals surface area contributed by atoms with Crippen LogP contribution in [0.2, 0.25) is 0 Å². The van der Waals surface area contributed by atoms with Gasteiger partial charge in [-0.2, -0.15) is 0 Å². The van der Waals surface area contributed by atoms with Gasteiger partial charge in [-0.15, -0.1) is 23.7 Å². The molecule has 102 valence electrons. The third kappa shape index (κ3) is 4.26. The molecule has 5 heteroatoms.